The molecule has 1 aliphatic rings. The maximum Gasteiger partial charge on any atom is 0.216 e. The Hall–Kier alpha value is -2.58. The number of nitriles is 1. The van der Waals surface area contributed by atoms with Crippen molar-refractivity contribution in [1.82, 2.24) is 0 Å². The van der Waals surface area contributed by atoms with Gasteiger partial charge in [-0.3, -0.25) is 0 Å². The summed E-state index contributed by atoms with van der Waals surface area (Å²) in [6.07, 6.45) is 2.31. The van der Waals surface area contributed by atoms with Crippen LogP contribution < -0.4 is 4.74 Å². The van der Waals surface area contributed by atoms with Gasteiger partial charge in [-0.25, -0.2) is 8.42 Å². The summed E-state index contributed by atoms with van der Waals surface area (Å²) in [6, 6.07) is 15.2. The third-order valence-corrected chi connectivity index (χ3v) is 5.35. The fraction of sp³-hybridized carbons (Fsp3) is 0.167. The SMILES string of the molecule is CC1Cc2cc(C=C(C#N)S(=O)(=O)c3ccccc3)ccc2O1. The molecule has 0 saturated heterocycles. The summed E-state index contributed by atoms with van der Waals surface area (Å²) in [5.41, 5.74) is 1.71. The molecule has 2 aromatic rings. The lowest BCUT2D eigenvalue weighted by Crippen LogP contribution is -2.05. The Morgan fingerprint density at radius 3 is 2.70 bits per heavy atom. The van der Waals surface area contributed by atoms with Crippen LogP contribution in [0.2, 0.25) is 0 Å². The Kier molecular flexibility index (Phi) is 3.93. The van der Waals surface area contributed by atoms with Crippen LogP contribution in [-0.4, -0.2) is 14.5 Å². The van der Waals surface area contributed by atoms with Crippen LogP contribution in [0.1, 0.15) is 18.1 Å². The summed E-state index contributed by atoms with van der Waals surface area (Å²) in [4.78, 5) is -0.151. The quantitative estimate of drug-likeness (QED) is 0.812. The molecule has 1 heterocycles. The third kappa shape index (κ3) is 2.99. The highest BCUT2D eigenvalue weighted by Gasteiger charge is 2.22. The van der Waals surface area contributed by atoms with Crippen molar-refractivity contribution in [3.8, 4) is 11.8 Å². The average molecular weight is 325 g/mol. The molecule has 0 bridgehead atoms. The highest BCUT2D eigenvalue weighted by molar-refractivity contribution is 7.95. The van der Waals surface area contributed by atoms with E-state index in [1.165, 1.54) is 18.2 Å². The molecule has 1 unspecified atom stereocenters. The number of benzene rings is 2. The van der Waals surface area contributed by atoms with E-state index in [1.807, 2.05) is 25.1 Å². The molecular formula is C18H15NO3S. The zero-order valence-electron chi connectivity index (χ0n) is 12.6. The van der Waals surface area contributed by atoms with Gasteiger partial charge in [0.05, 0.1) is 4.90 Å². The van der Waals surface area contributed by atoms with Crippen LogP contribution in [-0.2, 0) is 16.3 Å². The average Bonchev–Trinajstić information content (AvgIpc) is 2.92. The molecule has 1 atom stereocenters. The molecule has 116 valence electrons. The van der Waals surface area contributed by atoms with Crippen molar-refractivity contribution in [2.45, 2.75) is 24.3 Å². The van der Waals surface area contributed by atoms with Crippen molar-refractivity contribution in [3.05, 3.63) is 64.6 Å². The van der Waals surface area contributed by atoms with Gasteiger partial charge in [-0.05, 0) is 48.4 Å². The minimum Gasteiger partial charge on any atom is -0.490 e. The van der Waals surface area contributed by atoms with Crippen molar-refractivity contribution in [2.24, 2.45) is 0 Å². The summed E-state index contributed by atoms with van der Waals surface area (Å²) >= 11 is 0. The molecule has 0 aromatic heterocycles. The first kappa shape index (κ1) is 15.3. The van der Waals surface area contributed by atoms with E-state index in [0.29, 0.717) is 5.56 Å². The van der Waals surface area contributed by atoms with Gasteiger partial charge in [-0.1, -0.05) is 24.3 Å². The van der Waals surface area contributed by atoms with Crippen LogP contribution >= 0.6 is 0 Å². The molecule has 5 heteroatoms. The molecule has 0 saturated carbocycles. The van der Waals surface area contributed by atoms with Crippen LogP contribution in [0, 0.1) is 11.3 Å². The van der Waals surface area contributed by atoms with Gasteiger partial charge in [0.2, 0.25) is 9.84 Å². The third-order valence-electron chi connectivity index (χ3n) is 3.67. The zero-order valence-corrected chi connectivity index (χ0v) is 13.4. The number of hydrogen-bond donors (Lipinski definition) is 0. The molecule has 3 rings (SSSR count). The maximum absolute atomic E-state index is 12.5. The molecule has 23 heavy (non-hydrogen) atoms. The summed E-state index contributed by atoms with van der Waals surface area (Å²) in [5, 5.41) is 9.30. The lowest BCUT2D eigenvalue weighted by Gasteiger charge is -2.04. The van der Waals surface area contributed by atoms with E-state index < -0.39 is 9.84 Å². The molecule has 2 aromatic carbocycles. The van der Waals surface area contributed by atoms with Crippen LogP contribution in [0.3, 0.4) is 0 Å². The number of allylic oxidation sites excluding steroid dienone is 1. The Balaban J connectivity index is 2.01. The molecule has 0 spiro atoms. The van der Waals surface area contributed by atoms with Gasteiger partial charge in [0.15, 0.2) is 0 Å². The molecule has 0 fully saturated rings. The smallest absolute Gasteiger partial charge is 0.216 e. The van der Waals surface area contributed by atoms with Gasteiger partial charge in [0.25, 0.3) is 0 Å². The van der Waals surface area contributed by atoms with Gasteiger partial charge >= 0.3 is 0 Å². The Morgan fingerprint density at radius 1 is 1.26 bits per heavy atom. The number of rotatable bonds is 3. The second-order valence-corrected chi connectivity index (χ2v) is 7.35. The Morgan fingerprint density at radius 2 is 2.00 bits per heavy atom. The molecule has 0 radical (unpaired) electrons. The first-order valence-corrected chi connectivity index (χ1v) is 8.70. The molecule has 0 aliphatic carbocycles. The van der Waals surface area contributed by atoms with Crippen LogP contribution in [0.15, 0.2) is 58.3 Å². The number of nitrogens with zero attached hydrogens (tertiary/aromatic N) is 1. The molecule has 0 N–H and O–H groups in total. The fourth-order valence-corrected chi connectivity index (χ4v) is 3.76. The van der Waals surface area contributed by atoms with Crippen molar-refractivity contribution in [1.29, 1.82) is 5.26 Å². The minimum atomic E-state index is -3.81. The predicted octanol–water partition coefficient (Wildman–Crippen LogP) is 3.35. The normalized spacial score (nSPS) is 17.2. The van der Waals surface area contributed by atoms with E-state index >= 15 is 0 Å². The van der Waals surface area contributed by atoms with Gasteiger partial charge in [0, 0.05) is 6.42 Å². The van der Waals surface area contributed by atoms with Crippen molar-refractivity contribution in [3.63, 3.8) is 0 Å². The summed E-state index contributed by atoms with van der Waals surface area (Å²) in [7, 11) is -3.81. The van der Waals surface area contributed by atoms with Gasteiger partial charge < -0.3 is 4.74 Å². The van der Waals surface area contributed by atoms with Crippen LogP contribution in [0.4, 0.5) is 0 Å². The van der Waals surface area contributed by atoms with Gasteiger partial charge in [-0.15, -0.1) is 0 Å². The monoisotopic (exact) mass is 325 g/mol. The van der Waals surface area contributed by atoms with E-state index in [4.69, 9.17) is 4.74 Å². The standard InChI is InChI=1S/C18H15NO3S/c1-13-9-15-10-14(7-8-18(15)22-13)11-17(12-19)23(20,21)16-5-3-2-4-6-16/h2-8,10-11,13H,9H2,1H3. The number of sulfone groups is 1. The lowest BCUT2D eigenvalue weighted by molar-refractivity contribution is 0.254. The van der Waals surface area contributed by atoms with Crippen molar-refractivity contribution in [2.75, 3.05) is 0 Å². The number of fused-ring (bicyclic) bond motifs is 1. The van der Waals surface area contributed by atoms with E-state index in [9.17, 15) is 13.7 Å². The van der Waals surface area contributed by atoms with E-state index in [1.54, 1.807) is 24.3 Å². The topological polar surface area (TPSA) is 67.2 Å². The first-order chi connectivity index (χ1) is 11.0. The predicted molar refractivity (Wildman–Crippen MR) is 87.5 cm³/mol. The lowest BCUT2D eigenvalue weighted by atomic mass is 10.1. The largest absolute Gasteiger partial charge is 0.490 e. The highest BCUT2D eigenvalue weighted by atomic mass is 32.2. The van der Waals surface area contributed by atoms with E-state index in [0.717, 1.165) is 17.7 Å². The molecular weight excluding hydrogens is 310 g/mol. The number of ether oxygens (including phenoxy) is 1. The minimum absolute atomic E-state index is 0.117. The van der Waals surface area contributed by atoms with Crippen molar-refractivity contribution < 1.29 is 13.2 Å². The van der Waals surface area contributed by atoms with Crippen LogP contribution in [0.25, 0.3) is 6.08 Å². The molecule has 1 aliphatic heterocycles. The van der Waals surface area contributed by atoms with Crippen molar-refractivity contribution >= 4 is 15.9 Å². The zero-order chi connectivity index (χ0) is 16.4. The van der Waals surface area contributed by atoms with E-state index in [-0.39, 0.29) is 15.9 Å². The fourth-order valence-electron chi connectivity index (χ4n) is 2.58. The Bertz CT molecular complexity index is 909. The summed E-state index contributed by atoms with van der Waals surface area (Å²) in [6.45, 7) is 1.98. The number of hydrogen-bond acceptors (Lipinski definition) is 4. The van der Waals surface area contributed by atoms with Gasteiger partial charge in [-0.2, -0.15) is 5.26 Å². The summed E-state index contributed by atoms with van der Waals surface area (Å²) < 4.78 is 30.7. The first-order valence-electron chi connectivity index (χ1n) is 7.22. The summed E-state index contributed by atoms with van der Waals surface area (Å²) in [5.74, 6) is 0.819. The van der Waals surface area contributed by atoms with E-state index in [2.05, 4.69) is 0 Å². The molecule has 4 nitrogen and oxygen atoms in total. The van der Waals surface area contributed by atoms with Gasteiger partial charge in [0.1, 0.15) is 22.8 Å². The second-order valence-electron chi connectivity index (χ2n) is 5.44. The highest BCUT2D eigenvalue weighted by Crippen LogP contribution is 2.30. The maximum atomic E-state index is 12.5. The van der Waals surface area contributed by atoms with Crippen LogP contribution in [0.5, 0.6) is 5.75 Å². The Labute approximate surface area is 135 Å². The molecule has 0 amide bonds. The second kappa shape index (κ2) is 5.90.